The van der Waals surface area contributed by atoms with Crippen molar-refractivity contribution in [3.63, 3.8) is 0 Å². The standard InChI is InChI=1S/C29H40FNO3/c1-6-11-23-18-22(3)13-9-12-21(2)14-10-17-34-28(33)25(20-29(4,5)27(23)32)26(30)19-24-15-7-8-16-31-24/h6-8,14-16,19,22-23,25H,1,9-13,17-18,20H2,2-5H3. The van der Waals surface area contributed by atoms with Crippen LogP contribution in [0.25, 0.3) is 6.08 Å². The molecule has 1 aromatic rings. The van der Waals surface area contributed by atoms with Crippen molar-refractivity contribution in [2.24, 2.45) is 23.2 Å². The Morgan fingerprint density at radius 2 is 2.09 bits per heavy atom. The smallest absolute Gasteiger partial charge is 0.315 e. The van der Waals surface area contributed by atoms with Crippen molar-refractivity contribution in [2.75, 3.05) is 6.61 Å². The molecule has 0 bridgehead atoms. The summed E-state index contributed by atoms with van der Waals surface area (Å²) in [5.74, 6) is -2.20. The molecule has 0 radical (unpaired) electrons. The van der Waals surface area contributed by atoms with Gasteiger partial charge in [-0.15, -0.1) is 6.58 Å². The minimum atomic E-state index is -1.17. The fourth-order valence-corrected chi connectivity index (χ4v) is 4.67. The number of nitrogens with zero attached hydrogens (tertiary/aromatic N) is 1. The van der Waals surface area contributed by atoms with Crippen molar-refractivity contribution in [3.05, 3.63) is 60.2 Å². The summed E-state index contributed by atoms with van der Waals surface area (Å²) in [6.45, 7) is 11.9. The molecule has 1 aliphatic rings. The highest BCUT2D eigenvalue weighted by molar-refractivity contribution is 5.87. The number of hydrogen-bond donors (Lipinski definition) is 0. The number of ether oxygens (including phenoxy) is 1. The maximum Gasteiger partial charge on any atom is 0.315 e. The summed E-state index contributed by atoms with van der Waals surface area (Å²) in [4.78, 5) is 30.8. The molecule has 0 aliphatic carbocycles. The highest BCUT2D eigenvalue weighted by Crippen LogP contribution is 2.37. The first-order valence-corrected chi connectivity index (χ1v) is 12.4. The Balaban J connectivity index is 2.38. The van der Waals surface area contributed by atoms with E-state index in [0.717, 1.165) is 25.7 Å². The Bertz CT molecular complexity index is 888. The van der Waals surface area contributed by atoms with Crippen LogP contribution in [-0.4, -0.2) is 23.3 Å². The molecular formula is C29H40FNO3. The summed E-state index contributed by atoms with van der Waals surface area (Å²) >= 11 is 0. The molecule has 186 valence electrons. The fourth-order valence-electron chi connectivity index (χ4n) is 4.67. The van der Waals surface area contributed by atoms with Gasteiger partial charge in [0.1, 0.15) is 17.5 Å². The van der Waals surface area contributed by atoms with Gasteiger partial charge in [0, 0.05) is 17.5 Å². The van der Waals surface area contributed by atoms with Gasteiger partial charge >= 0.3 is 5.97 Å². The van der Waals surface area contributed by atoms with E-state index in [4.69, 9.17) is 4.74 Å². The number of carbonyl (C=O) groups is 2. The second kappa shape index (κ2) is 13.4. The van der Waals surface area contributed by atoms with Crippen LogP contribution in [0.3, 0.4) is 0 Å². The molecule has 34 heavy (non-hydrogen) atoms. The molecule has 0 aromatic carbocycles. The van der Waals surface area contributed by atoms with E-state index < -0.39 is 23.1 Å². The molecule has 3 atom stereocenters. The van der Waals surface area contributed by atoms with Gasteiger partial charge in [-0.2, -0.15) is 0 Å². The molecule has 2 rings (SSSR count). The van der Waals surface area contributed by atoms with E-state index in [1.165, 1.54) is 11.6 Å². The fraction of sp³-hybridized carbons (Fsp3) is 0.552. The largest absolute Gasteiger partial charge is 0.465 e. The zero-order valence-electron chi connectivity index (χ0n) is 21.2. The Labute approximate surface area is 204 Å². The summed E-state index contributed by atoms with van der Waals surface area (Å²) < 4.78 is 20.9. The maximum absolute atomic E-state index is 15.4. The highest BCUT2D eigenvalue weighted by Gasteiger charge is 2.39. The molecule has 1 aromatic heterocycles. The van der Waals surface area contributed by atoms with E-state index in [-0.39, 0.29) is 24.7 Å². The lowest BCUT2D eigenvalue weighted by Crippen LogP contribution is -2.36. The number of rotatable bonds is 4. The van der Waals surface area contributed by atoms with E-state index in [1.54, 1.807) is 44.3 Å². The lowest BCUT2D eigenvalue weighted by Gasteiger charge is -2.31. The third-order valence-electron chi connectivity index (χ3n) is 6.60. The van der Waals surface area contributed by atoms with Crippen LogP contribution in [0.2, 0.25) is 0 Å². The number of cyclic esters (lactones) is 1. The normalized spacial score (nSPS) is 25.9. The van der Waals surface area contributed by atoms with Gasteiger partial charge in [-0.05, 0) is 69.6 Å². The molecule has 4 nitrogen and oxygen atoms in total. The van der Waals surface area contributed by atoms with Crippen molar-refractivity contribution >= 4 is 17.8 Å². The predicted molar refractivity (Wildman–Crippen MR) is 135 cm³/mol. The molecule has 0 amide bonds. The SMILES string of the molecule is C=CCC1CC(C)CCCC(C)=CCCOC(=O)C(C(F)=Cc2ccccn2)CC(C)(C)C1=O. The van der Waals surface area contributed by atoms with Gasteiger partial charge in [0.15, 0.2) is 0 Å². The van der Waals surface area contributed by atoms with Crippen molar-refractivity contribution in [1.29, 1.82) is 0 Å². The number of carbonyl (C=O) groups excluding carboxylic acids is 2. The first-order chi connectivity index (χ1) is 16.1. The minimum absolute atomic E-state index is 0.0384. The van der Waals surface area contributed by atoms with E-state index >= 15 is 4.39 Å². The van der Waals surface area contributed by atoms with Gasteiger partial charge in [-0.25, -0.2) is 4.39 Å². The van der Waals surface area contributed by atoms with E-state index in [1.807, 2.05) is 0 Å². The topological polar surface area (TPSA) is 56.3 Å². The van der Waals surface area contributed by atoms with Gasteiger partial charge in [-0.1, -0.05) is 51.0 Å². The van der Waals surface area contributed by atoms with Crippen molar-refractivity contribution in [3.8, 4) is 0 Å². The van der Waals surface area contributed by atoms with Crippen LogP contribution in [0, 0.1) is 23.2 Å². The maximum atomic E-state index is 15.4. The Morgan fingerprint density at radius 3 is 2.76 bits per heavy atom. The molecule has 0 saturated carbocycles. The molecule has 0 N–H and O–H groups in total. The van der Waals surface area contributed by atoms with Crippen molar-refractivity contribution in [1.82, 2.24) is 4.98 Å². The number of aromatic nitrogens is 1. The summed E-state index contributed by atoms with van der Waals surface area (Å²) in [6.07, 6.45) is 11.8. The van der Waals surface area contributed by atoms with E-state index in [9.17, 15) is 9.59 Å². The second-order valence-electron chi connectivity index (χ2n) is 10.2. The molecular weight excluding hydrogens is 429 g/mol. The minimum Gasteiger partial charge on any atom is -0.465 e. The number of Topliss-reactive ketones (excluding diaryl/α,β-unsaturated/α-hetero) is 1. The molecule has 0 saturated heterocycles. The summed E-state index contributed by atoms with van der Waals surface area (Å²) in [5.41, 5.74) is 0.772. The van der Waals surface area contributed by atoms with Gasteiger partial charge in [-0.3, -0.25) is 14.6 Å². The van der Waals surface area contributed by atoms with E-state index in [2.05, 4.69) is 31.5 Å². The van der Waals surface area contributed by atoms with Crippen LogP contribution < -0.4 is 0 Å². The molecule has 1 aliphatic heterocycles. The van der Waals surface area contributed by atoms with Gasteiger partial charge in [0.2, 0.25) is 0 Å². The Morgan fingerprint density at radius 1 is 1.32 bits per heavy atom. The zero-order chi connectivity index (χ0) is 25.1. The van der Waals surface area contributed by atoms with Crippen molar-refractivity contribution < 1.29 is 18.7 Å². The van der Waals surface area contributed by atoms with Crippen LogP contribution >= 0.6 is 0 Å². The lowest BCUT2D eigenvalue weighted by atomic mass is 9.71. The molecule has 0 spiro atoms. The average Bonchev–Trinajstić information content (AvgIpc) is 2.79. The first kappa shape index (κ1) is 27.7. The third-order valence-corrected chi connectivity index (χ3v) is 6.60. The predicted octanol–water partition coefficient (Wildman–Crippen LogP) is 7.28. The molecule has 3 unspecified atom stereocenters. The van der Waals surface area contributed by atoms with Crippen molar-refractivity contribution in [2.45, 2.75) is 72.6 Å². The summed E-state index contributed by atoms with van der Waals surface area (Å²) in [7, 11) is 0. The third kappa shape index (κ3) is 8.66. The van der Waals surface area contributed by atoms with E-state index in [0.29, 0.717) is 24.5 Å². The monoisotopic (exact) mass is 469 g/mol. The van der Waals surface area contributed by atoms with Crippen LogP contribution in [0.1, 0.15) is 78.3 Å². The number of pyridine rings is 1. The molecule has 2 heterocycles. The van der Waals surface area contributed by atoms with Gasteiger partial charge in [0.25, 0.3) is 0 Å². The number of halogens is 1. The Kier molecular flexibility index (Phi) is 10.9. The van der Waals surface area contributed by atoms with Crippen LogP contribution in [0.5, 0.6) is 0 Å². The number of ketones is 1. The Hall–Kier alpha value is -2.56. The van der Waals surface area contributed by atoms with Crippen LogP contribution in [-0.2, 0) is 14.3 Å². The average molecular weight is 470 g/mol. The number of esters is 1. The van der Waals surface area contributed by atoms with Crippen LogP contribution in [0.15, 0.2) is 54.5 Å². The zero-order valence-corrected chi connectivity index (χ0v) is 21.2. The van der Waals surface area contributed by atoms with Crippen LogP contribution in [0.4, 0.5) is 4.39 Å². The summed E-state index contributed by atoms with van der Waals surface area (Å²) in [5, 5.41) is 0. The van der Waals surface area contributed by atoms with Gasteiger partial charge < -0.3 is 4.74 Å². The highest BCUT2D eigenvalue weighted by atomic mass is 19.1. The van der Waals surface area contributed by atoms with Gasteiger partial charge in [0.05, 0.1) is 12.3 Å². The molecule has 5 heteroatoms. The second-order valence-corrected chi connectivity index (χ2v) is 10.2. The lowest BCUT2D eigenvalue weighted by molar-refractivity contribution is -0.149. The quantitative estimate of drug-likeness (QED) is 0.343. The molecule has 0 fully saturated rings. The number of allylic oxidation sites excluding steroid dienone is 2. The number of hydrogen-bond acceptors (Lipinski definition) is 4. The summed E-state index contributed by atoms with van der Waals surface area (Å²) in [6, 6.07) is 5.17. The first-order valence-electron chi connectivity index (χ1n) is 12.4.